The van der Waals surface area contributed by atoms with Crippen LogP contribution in [-0.4, -0.2) is 41.6 Å². The lowest BCUT2D eigenvalue weighted by Crippen LogP contribution is -2.27. The average Bonchev–Trinajstić information content (AvgIpc) is 3.15. The second kappa shape index (κ2) is 9.48. The molecule has 1 aromatic heterocycles. The minimum absolute atomic E-state index is 0.0512. The zero-order valence-corrected chi connectivity index (χ0v) is 20.9. The molecule has 0 amide bonds. The van der Waals surface area contributed by atoms with E-state index in [0.717, 1.165) is 12.1 Å². The first-order valence-corrected chi connectivity index (χ1v) is 11.3. The van der Waals surface area contributed by atoms with Crippen LogP contribution in [0.3, 0.4) is 0 Å². The summed E-state index contributed by atoms with van der Waals surface area (Å²) in [5.74, 6) is -4.13. The average molecular weight is 514 g/mol. The van der Waals surface area contributed by atoms with Crippen molar-refractivity contribution in [3.8, 4) is 28.3 Å². The van der Waals surface area contributed by atoms with Crippen molar-refractivity contribution in [2.45, 2.75) is 26.2 Å². The van der Waals surface area contributed by atoms with Crippen LogP contribution in [0.4, 0.5) is 13.2 Å². The predicted molar refractivity (Wildman–Crippen MR) is 133 cm³/mol. The number of hydrogen-bond donors (Lipinski definition) is 2. The molecule has 0 saturated heterocycles. The van der Waals surface area contributed by atoms with Crippen LogP contribution in [0.25, 0.3) is 27.7 Å². The second-order valence-corrected chi connectivity index (χ2v) is 9.47. The topological polar surface area (TPSA) is 80.9 Å². The summed E-state index contributed by atoms with van der Waals surface area (Å²) in [4.78, 5) is 11.6. The smallest absolute Gasteiger partial charge is 0.338 e. The number of hydrogen-bond acceptors (Lipinski definition) is 4. The zero-order chi connectivity index (χ0) is 27.2. The molecule has 37 heavy (non-hydrogen) atoms. The van der Waals surface area contributed by atoms with Gasteiger partial charge in [-0.05, 0) is 42.3 Å². The van der Waals surface area contributed by atoms with Crippen LogP contribution in [0, 0.1) is 24.4 Å². The van der Waals surface area contributed by atoms with Gasteiger partial charge in [0.15, 0.2) is 11.6 Å². The Morgan fingerprint density at radius 2 is 1.73 bits per heavy atom. The van der Waals surface area contributed by atoms with Crippen LogP contribution in [0.1, 0.15) is 35.5 Å². The summed E-state index contributed by atoms with van der Waals surface area (Å²) in [6.07, 6.45) is 0. The van der Waals surface area contributed by atoms with Crippen LogP contribution >= 0.6 is 0 Å². The van der Waals surface area contributed by atoms with Gasteiger partial charge in [-0.2, -0.15) is 0 Å². The van der Waals surface area contributed by atoms with Gasteiger partial charge in [0.2, 0.25) is 0 Å². The fourth-order valence-electron chi connectivity index (χ4n) is 4.93. The van der Waals surface area contributed by atoms with Crippen molar-refractivity contribution in [1.29, 1.82) is 0 Å². The fraction of sp³-hybridized carbons (Fsp3) is 0.250. The number of carbonyl (C=O) groups is 1. The molecule has 0 aliphatic carbocycles. The number of nitrogens with zero attached hydrogens (tertiary/aromatic N) is 1. The maximum Gasteiger partial charge on any atom is 0.338 e. The Morgan fingerprint density at radius 1 is 1.03 bits per heavy atom. The van der Waals surface area contributed by atoms with E-state index in [2.05, 4.69) is 0 Å². The largest absolute Gasteiger partial charge is 0.507 e. The monoisotopic (exact) mass is 513 g/mol. The third-order valence-corrected chi connectivity index (χ3v) is 6.34. The lowest BCUT2D eigenvalue weighted by molar-refractivity contribution is 0.0691. The van der Waals surface area contributed by atoms with Gasteiger partial charge in [-0.15, -0.1) is 0 Å². The molecule has 0 saturated carbocycles. The number of ether oxygens (including phenoxy) is 2. The molecule has 0 spiro atoms. The lowest BCUT2D eigenvalue weighted by atomic mass is 9.84. The van der Waals surface area contributed by atoms with E-state index in [1.54, 1.807) is 4.57 Å². The van der Waals surface area contributed by atoms with Crippen LogP contribution < -0.4 is 4.74 Å². The number of phenolic OH excluding ortho intramolecular Hbond substituents is 1. The van der Waals surface area contributed by atoms with E-state index < -0.39 is 40.1 Å². The molecule has 0 aliphatic heterocycles. The van der Waals surface area contributed by atoms with Gasteiger partial charge in [0.05, 0.1) is 30.2 Å². The van der Waals surface area contributed by atoms with Crippen LogP contribution in [0.15, 0.2) is 42.5 Å². The number of halogens is 3. The normalized spacial score (nSPS) is 11.8. The summed E-state index contributed by atoms with van der Waals surface area (Å²) in [6, 6.07) is 8.87. The second-order valence-electron chi connectivity index (χ2n) is 9.47. The van der Waals surface area contributed by atoms with E-state index in [0.29, 0.717) is 16.9 Å². The highest BCUT2D eigenvalue weighted by Gasteiger charge is 2.34. The van der Waals surface area contributed by atoms with Crippen molar-refractivity contribution in [3.63, 3.8) is 0 Å². The summed E-state index contributed by atoms with van der Waals surface area (Å²) >= 11 is 0. The van der Waals surface area contributed by atoms with Gasteiger partial charge in [-0.1, -0.05) is 19.9 Å². The van der Waals surface area contributed by atoms with Gasteiger partial charge in [-0.25, -0.2) is 18.0 Å². The number of benzene rings is 3. The Hall–Kier alpha value is -3.98. The molecular weight excluding hydrogens is 487 g/mol. The maximum atomic E-state index is 15.1. The molecule has 4 rings (SSSR count). The number of carboxylic acid groups (broad SMARTS) is 1. The Bertz CT molecular complexity index is 1520. The molecule has 4 aromatic rings. The SMILES string of the molecule is COCC(C)(C)c1c(-c2cc(C)c(C(=O)O)c(F)c2)c2c(O)cc(F)cc2n1-c1ccc(F)c(OC)c1. The molecule has 2 N–H and O–H groups in total. The molecule has 0 fully saturated rings. The molecule has 194 valence electrons. The maximum absolute atomic E-state index is 15.1. The summed E-state index contributed by atoms with van der Waals surface area (Å²) in [6.45, 7) is 5.35. The fourth-order valence-corrected chi connectivity index (χ4v) is 4.93. The Morgan fingerprint density at radius 3 is 2.32 bits per heavy atom. The molecule has 1 heterocycles. The summed E-state index contributed by atoms with van der Waals surface area (Å²) in [5.41, 5.74) is 0.659. The van der Waals surface area contributed by atoms with Crippen LogP contribution in [0.2, 0.25) is 0 Å². The minimum atomic E-state index is -1.41. The first-order chi connectivity index (χ1) is 17.4. The molecular formula is C28H26F3NO5. The first-order valence-electron chi connectivity index (χ1n) is 11.3. The van der Waals surface area contributed by atoms with Gasteiger partial charge >= 0.3 is 5.97 Å². The Balaban J connectivity index is 2.24. The lowest BCUT2D eigenvalue weighted by Gasteiger charge is -2.28. The van der Waals surface area contributed by atoms with Crippen molar-refractivity contribution in [3.05, 3.63) is 76.7 Å². The molecule has 3 aromatic carbocycles. The predicted octanol–water partition coefficient (Wildman–Crippen LogP) is 6.36. The standard InChI is InChI=1S/C28H26F3NO5/c1-14-8-15(9-19(31)23(14)27(34)35)24-25-20(10-16(29)11-21(25)33)32(26(24)28(2,3)13-36-4)17-6-7-18(30)22(12-17)37-5/h6-12,33H,13H2,1-5H3,(H,34,35). The van der Waals surface area contributed by atoms with Crippen LogP contribution in [-0.2, 0) is 10.2 Å². The van der Waals surface area contributed by atoms with Gasteiger partial charge in [-0.3, -0.25) is 0 Å². The number of methoxy groups -OCH3 is 2. The van der Waals surface area contributed by atoms with Crippen molar-refractivity contribution >= 4 is 16.9 Å². The number of fused-ring (bicyclic) bond motifs is 1. The first kappa shape index (κ1) is 26.1. The van der Waals surface area contributed by atoms with E-state index in [-0.39, 0.29) is 34.4 Å². The van der Waals surface area contributed by atoms with Gasteiger partial charge in [0.25, 0.3) is 0 Å². The summed E-state index contributed by atoms with van der Waals surface area (Å²) in [7, 11) is 2.83. The van der Waals surface area contributed by atoms with E-state index in [4.69, 9.17) is 9.47 Å². The van der Waals surface area contributed by atoms with E-state index in [9.17, 15) is 23.8 Å². The molecule has 0 bridgehead atoms. The van der Waals surface area contributed by atoms with Crippen molar-refractivity contribution < 1.29 is 37.7 Å². The zero-order valence-electron chi connectivity index (χ0n) is 20.9. The van der Waals surface area contributed by atoms with Gasteiger partial charge in [0, 0.05) is 41.6 Å². The summed E-state index contributed by atoms with van der Waals surface area (Å²) in [5, 5.41) is 20.6. The molecule has 0 radical (unpaired) electrons. The third kappa shape index (κ3) is 4.40. The Labute approximate surface area is 211 Å². The van der Waals surface area contributed by atoms with Gasteiger partial charge in [0.1, 0.15) is 17.4 Å². The highest BCUT2D eigenvalue weighted by Crippen LogP contribution is 2.47. The quantitative estimate of drug-likeness (QED) is 0.301. The molecule has 0 unspecified atom stereocenters. The number of aromatic carboxylic acids is 1. The molecule has 0 atom stereocenters. The van der Waals surface area contributed by atoms with Crippen molar-refractivity contribution in [2.75, 3.05) is 20.8 Å². The molecule has 0 aliphatic rings. The number of rotatable bonds is 7. The number of phenols is 1. The van der Waals surface area contributed by atoms with E-state index in [1.165, 1.54) is 51.5 Å². The highest BCUT2D eigenvalue weighted by molar-refractivity contribution is 6.04. The number of aryl methyl sites for hydroxylation is 1. The van der Waals surface area contributed by atoms with Gasteiger partial charge < -0.3 is 24.3 Å². The minimum Gasteiger partial charge on any atom is -0.507 e. The van der Waals surface area contributed by atoms with E-state index in [1.807, 2.05) is 13.8 Å². The molecule has 9 heteroatoms. The highest BCUT2D eigenvalue weighted by atomic mass is 19.1. The summed E-state index contributed by atoms with van der Waals surface area (Å²) < 4.78 is 56.3. The number of aromatic hydroxyl groups is 1. The van der Waals surface area contributed by atoms with Crippen molar-refractivity contribution in [2.24, 2.45) is 0 Å². The van der Waals surface area contributed by atoms with Crippen LogP contribution in [0.5, 0.6) is 11.5 Å². The van der Waals surface area contributed by atoms with Crippen molar-refractivity contribution in [1.82, 2.24) is 4.57 Å². The number of carboxylic acids is 1. The number of aromatic nitrogens is 1. The Kier molecular flexibility index (Phi) is 6.68. The van der Waals surface area contributed by atoms with E-state index >= 15 is 4.39 Å². The third-order valence-electron chi connectivity index (χ3n) is 6.34. The molecule has 6 nitrogen and oxygen atoms in total.